The van der Waals surface area contributed by atoms with Crippen LogP contribution in [0.1, 0.15) is 19.4 Å². The van der Waals surface area contributed by atoms with E-state index in [9.17, 15) is 4.79 Å². The van der Waals surface area contributed by atoms with E-state index in [2.05, 4.69) is 6.07 Å². The first-order valence-electron chi connectivity index (χ1n) is 5.74. The van der Waals surface area contributed by atoms with Crippen LogP contribution in [-0.2, 0) is 11.3 Å². The van der Waals surface area contributed by atoms with Crippen molar-refractivity contribution in [2.24, 2.45) is 11.8 Å². The van der Waals surface area contributed by atoms with E-state index in [1.165, 1.54) is 0 Å². The van der Waals surface area contributed by atoms with Crippen LogP contribution in [0.3, 0.4) is 0 Å². The van der Waals surface area contributed by atoms with Crippen LogP contribution in [0.2, 0.25) is 0 Å². The molecule has 3 heteroatoms. The molecule has 0 aliphatic heterocycles. The van der Waals surface area contributed by atoms with E-state index in [1.807, 2.05) is 44.2 Å². The van der Waals surface area contributed by atoms with Gasteiger partial charge in [-0.25, -0.2) is 0 Å². The summed E-state index contributed by atoms with van der Waals surface area (Å²) in [4.78, 5) is 13.6. The van der Waals surface area contributed by atoms with Gasteiger partial charge in [0.15, 0.2) is 0 Å². The molecule has 17 heavy (non-hydrogen) atoms. The van der Waals surface area contributed by atoms with Crippen molar-refractivity contribution in [3.63, 3.8) is 0 Å². The average Bonchev–Trinajstić information content (AvgIpc) is 2.30. The Bertz CT molecular complexity index is 406. The molecule has 1 aromatic carbocycles. The summed E-state index contributed by atoms with van der Waals surface area (Å²) in [5.74, 6) is -0.610. The van der Waals surface area contributed by atoms with E-state index in [0.29, 0.717) is 6.54 Å². The number of rotatable bonds is 4. The van der Waals surface area contributed by atoms with Gasteiger partial charge in [0.2, 0.25) is 5.91 Å². The molecule has 1 amide bonds. The van der Waals surface area contributed by atoms with Crippen LogP contribution in [0.5, 0.6) is 0 Å². The minimum Gasteiger partial charge on any atom is -0.340 e. The van der Waals surface area contributed by atoms with Crippen molar-refractivity contribution in [3.8, 4) is 6.07 Å². The number of nitrogens with zero attached hydrogens (tertiary/aromatic N) is 2. The topological polar surface area (TPSA) is 44.1 Å². The van der Waals surface area contributed by atoms with Crippen LogP contribution in [0.4, 0.5) is 0 Å². The van der Waals surface area contributed by atoms with Crippen molar-refractivity contribution in [2.45, 2.75) is 20.4 Å². The van der Waals surface area contributed by atoms with Gasteiger partial charge in [-0.1, -0.05) is 44.2 Å². The van der Waals surface area contributed by atoms with Crippen LogP contribution in [0.25, 0.3) is 0 Å². The van der Waals surface area contributed by atoms with Gasteiger partial charge in [0.1, 0.15) is 5.92 Å². The molecule has 0 spiro atoms. The number of carbonyl (C=O) groups excluding carboxylic acids is 1. The highest BCUT2D eigenvalue weighted by molar-refractivity contribution is 5.81. The molecule has 0 saturated heterocycles. The number of hydrogen-bond donors (Lipinski definition) is 0. The van der Waals surface area contributed by atoms with Crippen LogP contribution >= 0.6 is 0 Å². The van der Waals surface area contributed by atoms with Gasteiger partial charge in [0.05, 0.1) is 6.07 Å². The monoisotopic (exact) mass is 230 g/mol. The van der Waals surface area contributed by atoms with Crippen molar-refractivity contribution in [3.05, 3.63) is 35.9 Å². The Morgan fingerprint density at radius 3 is 2.41 bits per heavy atom. The molecule has 1 rings (SSSR count). The SMILES string of the molecule is CC(C)C(C#N)C(=O)N(C)Cc1ccccc1. The maximum Gasteiger partial charge on any atom is 0.240 e. The van der Waals surface area contributed by atoms with Gasteiger partial charge in [-0.2, -0.15) is 5.26 Å². The molecule has 0 radical (unpaired) electrons. The molecule has 90 valence electrons. The Morgan fingerprint density at radius 2 is 1.94 bits per heavy atom. The summed E-state index contributed by atoms with van der Waals surface area (Å²) in [5, 5.41) is 8.98. The third-order valence-corrected chi connectivity index (χ3v) is 2.71. The zero-order valence-electron chi connectivity index (χ0n) is 10.6. The third kappa shape index (κ3) is 3.60. The molecule has 0 N–H and O–H groups in total. The highest BCUT2D eigenvalue weighted by Crippen LogP contribution is 2.14. The first-order valence-corrected chi connectivity index (χ1v) is 5.74. The minimum atomic E-state index is -0.552. The van der Waals surface area contributed by atoms with E-state index in [-0.39, 0.29) is 11.8 Å². The molecular weight excluding hydrogens is 212 g/mol. The van der Waals surface area contributed by atoms with Crippen molar-refractivity contribution < 1.29 is 4.79 Å². The quantitative estimate of drug-likeness (QED) is 0.797. The number of amides is 1. The zero-order chi connectivity index (χ0) is 12.8. The van der Waals surface area contributed by atoms with Gasteiger partial charge in [0, 0.05) is 13.6 Å². The van der Waals surface area contributed by atoms with Crippen LogP contribution in [0.15, 0.2) is 30.3 Å². The molecule has 1 unspecified atom stereocenters. The first-order chi connectivity index (χ1) is 8.06. The molecule has 0 aliphatic carbocycles. The molecule has 1 atom stereocenters. The molecule has 1 aromatic rings. The number of benzene rings is 1. The van der Waals surface area contributed by atoms with Crippen molar-refractivity contribution >= 4 is 5.91 Å². The zero-order valence-corrected chi connectivity index (χ0v) is 10.6. The van der Waals surface area contributed by atoms with Crippen molar-refractivity contribution in [2.75, 3.05) is 7.05 Å². The van der Waals surface area contributed by atoms with E-state index < -0.39 is 5.92 Å². The number of hydrogen-bond acceptors (Lipinski definition) is 2. The second kappa shape index (κ2) is 6.05. The first kappa shape index (κ1) is 13.2. The molecular formula is C14H18N2O. The Labute approximate surface area is 103 Å². The lowest BCUT2D eigenvalue weighted by Gasteiger charge is -2.22. The third-order valence-electron chi connectivity index (χ3n) is 2.71. The smallest absolute Gasteiger partial charge is 0.240 e. The molecule has 0 bridgehead atoms. The minimum absolute atomic E-state index is 0.0470. The van der Waals surface area contributed by atoms with E-state index in [1.54, 1.807) is 11.9 Å². The lowest BCUT2D eigenvalue weighted by atomic mass is 9.96. The van der Waals surface area contributed by atoms with Gasteiger partial charge >= 0.3 is 0 Å². The van der Waals surface area contributed by atoms with E-state index in [4.69, 9.17) is 5.26 Å². The highest BCUT2D eigenvalue weighted by atomic mass is 16.2. The molecule has 3 nitrogen and oxygen atoms in total. The summed E-state index contributed by atoms with van der Waals surface area (Å²) in [6.45, 7) is 4.33. The average molecular weight is 230 g/mol. The molecule has 0 saturated carbocycles. The van der Waals surface area contributed by atoms with Crippen molar-refractivity contribution in [1.82, 2.24) is 4.90 Å². The van der Waals surface area contributed by atoms with Gasteiger partial charge < -0.3 is 4.90 Å². The largest absolute Gasteiger partial charge is 0.340 e. The maximum absolute atomic E-state index is 12.0. The Balaban J connectivity index is 2.68. The molecule has 0 aliphatic rings. The van der Waals surface area contributed by atoms with Gasteiger partial charge in [-0.15, -0.1) is 0 Å². The molecule has 0 fully saturated rings. The van der Waals surface area contributed by atoms with Crippen LogP contribution < -0.4 is 0 Å². The number of nitriles is 1. The van der Waals surface area contributed by atoms with Crippen molar-refractivity contribution in [1.29, 1.82) is 5.26 Å². The Kier molecular flexibility index (Phi) is 4.71. The fourth-order valence-electron chi connectivity index (χ4n) is 1.66. The Hall–Kier alpha value is -1.82. The lowest BCUT2D eigenvalue weighted by Crippen LogP contribution is -2.34. The summed E-state index contributed by atoms with van der Waals surface area (Å²) in [7, 11) is 1.74. The van der Waals surface area contributed by atoms with Crippen LogP contribution in [-0.4, -0.2) is 17.9 Å². The maximum atomic E-state index is 12.0. The molecule has 0 heterocycles. The van der Waals surface area contributed by atoms with E-state index in [0.717, 1.165) is 5.56 Å². The summed E-state index contributed by atoms with van der Waals surface area (Å²) in [6, 6.07) is 11.8. The Morgan fingerprint density at radius 1 is 1.35 bits per heavy atom. The fourth-order valence-corrected chi connectivity index (χ4v) is 1.66. The summed E-state index contributed by atoms with van der Waals surface area (Å²) >= 11 is 0. The predicted molar refractivity (Wildman–Crippen MR) is 66.9 cm³/mol. The second-order valence-corrected chi connectivity index (χ2v) is 4.53. The lowest BCUT2D eigenvalue weighted by molar-refractivity contribution is -0.134. The number of carbonyl (C=O) groups is 1. The predicted octanol–water partition coefficient (Wildman–Crippen LogP) is 2.44. The fraction of sp³-hybridized carbons (Fsp3) is 0.429. The second-order valence-electron chi connectivity index (χ2n) is 4.53. The molecule has 0 aromatic heterocycles. The standard InChI is InChI=1S/C14H18N2O/c1-11(2)13(9-15)14(17)16(3)10-12-7-5-4-6-8-12/h4-8,11,13H,10H2,1-3H3. The summed E-state index contributed by atoms with van der Waals surface area (Å²) < 4.78 is 0. The normalized spacial score (nSPS) is 11.9. The highest BCUT2D eigenvalue weighted by Gasteiger charge is 2.24. The summed E-state index contributed by atoms with van der Waals surface area (Å²) in [6.07, 6.45) is 0. The van der Waals surface area contributed by atoms with Gasteiger partial charge in [-0.05, 0) is 11.5 Å². The van der Waals surface area contributed by atoms with Gasteiger partial charge in [0.25, 0.3) is 0 Å². The van der Waals surface area contributed by atoms with Crippen LogP contribution in [0, 0.1) is 23.2 Å². The van der Waals surface area contributed by atoms with E-state index >= 15 is 0 Å². The summed E-state index contributed by atoms with van der Waals surface area (Å²) in [5.41, 5.74) is 1.07. The van der Waals surface area contributed by atoms with Gasteiger partial charge in [-0.3, -0.25) is 4.79 Å².